The molecule has 7 atom stereocenters. The molecule has 7 unspecified atom stereocenters. The summed E-state index contributed by atoms with van der Waals surface area (Å²) in [6, 6.07) is 0. The smallest absolute Gasteiger partial charge is 0.0758 e. The maximum Gasteiger partial charge on any atom is 0.0758 e. The van der Waals surface area contributed by atoms with E-state index in [0.717, 1.165) is 17.8 Å². The van der Waals surface area contributed by atoms with Crippen LogP contribution in [0, 0.1) is 35.0 Å². The van der Waals surface area contributed by atoms with Gasteiger partial charge >= 0.3 is 0 Å². The molecule has 3 saturated carbocycles. The fourth-order valence-corrected chi connectivity index (χ4v) is 6.22. The minimum atomic E-state index is 0.0132. The minimum absolute atomic E-state index is 0.0132. The first-order valence-corrected chi connectivity index (χ1v) is 9.74. The van der Waals surface area contributed by atoms with E-state index in [9.17, 15) is 0 Å². The summed E-state index contributed by atoms with van der Waals surface area (Å²) in [6.45, 7) is 12.3. The molecule has 22 heavy (non-hydrogen) atoms. The molecule has 3 aliphatic carbocycles. The predicted octanol–water partition coefficient (Wildman–Crippen LogP) is 4.77. The molecule has 1 aliphatic heterocycles. The fraction of sp³-hybridized carbons (Fsp3) is 1.00. The third-order valence-electron chi connectivity index (χ3n) is 8.41. The van der Waals surface area contributed by atoms with E-state index in [4.69, 9.17) is 7.85 Å². The van der Waals surface area contributed by atoms with Crippen LogP contribution in [-0.2, 0) is 0 Å². The number of nitrogens with zero attached hydrogens (tertiary/aromatic N) is 1. The van der Waals surface area contributed by atoms with Gasteiger partial charge < -0.3 is 4.90 Å². The highest BCUT2D eigenvalue weighted by molar-refractivity contribution is 6.16. The van der Waals surface area contributed by atoms with Crippen LogP contribution in [-0.4, -0.2) is 32.9 Å². The SMILES string of the molecule is [B]C1(C2(C)CCCC3CC(C2)C3C)CCN(C)CC(C)C1C. The molecule has 0 aromatic rings. The van der Waals surface area contributed by atoms with Crippen LogP contribution in [0.1, 0.15) is 66.2 Å². The number of rotatable bonds is 1. The lowest BCUT2D eigenvalue weighted by Gasteiger charge is -2.58. The van der Waals surface area contributed by atoms with Gasteiger partial charge in [-0.05, 0) is 74.3 Å². The lowest BCUT2D eigenvalue weighted by molar-refractivity contribution is -0.0238. The fourth-order valence-electron chi connectivity index (χ4n) is 6.22. The van der Waals surface area contributed by atoms with Crippen molar-refractivity contribution in [2.45, 2.75) is 71.5 Å². The summed E-state index contributed by atoms with van der Waals surface area (Å²) in [7, 11) is 9.55. The molecule has 4 rings (SSSR count). The molecule has 1 nitrogen and oxygen atoms in total. The normalized spacial score (nSPS) is 54.0. The first-order chi connectivity index (χ1) is 10.3. The molecule has 0 aromatic heterocycles. The molecular formula is C20H36BN. The summed E-state index contributed by atoms with van der Waals surface area (Å²) in [5, 5.41) is 0.0132. The Morgan fingerprint density at radius 3 is 2.50 bits per heavy atom. The van der Waals surface area contributed by atoms with Crippen molar-refractivity contribution < 1.29 is 0 Å². The van der Waals surface area contributed by atoms with Crippen LogP contribution in [0.2, 0.25) is 5.31 Å². The minimum Gasteiger partial charge on any atom is -0.306 e. The highest BCUT2D eigenvalue weighted by Crippen LogP contribution is 2.64. The van der Waals surface area contributed by atoms with E-state index in [1.165, 1.54) is 51.6 Å². The second-order valence-electron chi connectivity index (χ2n) is 9.59. The van der Waals surface area contributed by atoms with Gasteiger partial charge in [0.15, 0.2) is 0 Å². The average molecular weight is 301 g/mol. The van der Waals surface area contributed by atoms with Crippen LogP contribution >= 0.6 is 0 Å². The van der Waals surface area contributed by atoms with Crippen LogP contribution in [0.25, 0.3) is 0 Å². The first-order valence-electron chi connectivity index (χ1n) is 9.74. The molecule has 124 valence electrons. The van der Waals surface area contributed by atoms with E-state index < -0.39 is 0 Å². The summed E-state index contributed by atoms with van der Waals surface area (Å²) in [5.41, 5.74) is 0.330. The number of hydrogen-bond donors (Lipinski definition) is 0. The Hall–Kier alpha value is 0.0249. The van der Waals surface area contributed by atoms with Gasteiger partial charge in [0.2, 0.25) is 0 Å². The van der Waals surface area contributed by atoms with Crippen molar-refractivity contribution in [3.8, 4) is 0 Å². The van der Waals surface area contributed by atoms with Gasteiger partial charge in [0.25, 0.3) is 0 Å². The Kier molecular flexibility index (Phi) is 4.47. The van der Waals surface area contributed by atoms with Crippen LogP contribution in [0.3, 0.4) is 0 Å². The zero-order valence-corrected chi connectivity index (χ0v) is 15.6. The maximum atomic E-state index is 7.28. The standard InChI is InChI=1S/C20H36BN/c1-14-13-22(5)10-9-20(21,16(14)3)19(4)8-6-7-17-11-18(12-19)15(17)2/h14-18H,6-13H2,1-5H3. The van der Waals surface area contributed by atoms with Crippen molar-refractivity contribution in [2.24, 2.45) is 35.0 Å². The van der Waals surface area contributed by atoms with Crippen LogP contribution < -0.4 is 0 Å². The summed E-state index contributed by atoms with van der Waals surface area (Å²) in [6.07, 6.45) is 8.24. The number of hydrogen-bond acceptors (Lipinski definition) is 1. The summed E-state index contributed by atoms with van der Waals surface area (Å²) >= 11 is 0. The zero-order valence-electron chi connectivity index (χ0n) is 15.6. The van der Waals surface area contributed by atoms with E-state index >= 15 is 0 Å². The van der Waals surface area contributed by atoms with Crippen molar-refractivity contribution in [1.29, 1.82) is 0 Å². The topological polar surface area (TPSA) is 3.24 Å². The predicted molar refractivity (Wildman–Crippen MR) is 96.2 cm³/mol. The van der Waals surface area contributed by atoms with Crippen molar-refractivity contribution in [2.75, 3.05) is 20.1 Å². The largest absolute Gasteiger partial charge is 0.306 e. The van der Waals surface area contributed by atoms with E-state index in [-0.39, 0.29) is 5.31 Å². The van der Waals surface area contributed by atoms with Crippen molar-refractivity contribution >= 4 is 7.85 Å². The van der Waals surface area contributed by atoms with Crippen molar-refractivity contribution in [1.82, 2.24) is 4.90 Å². The maximum absolute atomic E-state index is 7.28. The van der Waals surface area contributed by atoms with Gasteiger partial charge in [-0.25, -0.2) is 0 Å². The summed E-state index contributed by atoms with van der Waals surface area (Å²) in [4.78, 5) is 2.50. The van der Waals surface area contributed by atoms with E-state index in [0.29, 0.717) is 17.3 Å². The Labute approximate surface area is 140 Å². The zero-order chi connectivity index (χ0) is 16.1. The van der Waals surface area contributed by atoms with E-state index in [2.05, 4.69) is 39.6 Å². The summed E-state index contributed by atoms with van der Waals surface area (Å²) in [5.74, 6) is 4.24. The second-order valence-corrected chi connectivity index (χ2v) is 9.59. The monoisotopic (exact) mass is 301 g/mol. The van der Waals surface area contributed by atoms with Gasteiger partial charge in [0, 0.05) is 6.54 Å². The number of fused-ring (bicyclic) bond motifs is 4. The van der Waals surface area contributed by atoms with Gasteiger partial charge in [-0.1, -0.05) is 45.9 Å². The highest BCUT2D eigenvalue weighted by Gasteiger charge is 2.53. The Bertz CT molecular complexity index is 409. The molecule has 1 heterocycles. The Balaban J connectivity index is 1.87. The van der Waals surface area contributed by atoms with Crippen LogP contribution in [0.15, 0.2) is 0 Å². The molecule has 0 aromatic carbocycles. The molecule has 2 heteroatoms. The molecule has 0 N–H and O–H groups in total. The second kappa shape index (κ2) is 5.83. The molecule has 0 spiro atoms. The van der Waals surface area contributed by atoms with E-state index in [1.807, 2.05) is 0 Å². The average Bonchev–Trinajstić information content (AvgIpc) is 2.55. The molecule has 2 bridgehead atoms. The van der Waals surface area contributed by atoms with Crippen LogP contribution in [0.5, 0.6) is 0 Å². The lowest BCUT2D eigenvalue weighted by atomic mass is 9.40. The van der Waals surface area contributed by atoms with Crippen molar-refractivity contribution in [3.63, 3.8) is 0 Å². The molecule has 2 radical (unpaired) electrons. The van der Waals surface area contributed by atoms with Crippen molar-refractivity contribution in [3.05, 3.63) is 0 Å². The molecule has 4 fully saturated rings. The third-order valence-corrected chi connectivity index (χ3v) is 8.41. The quantitative estimate of drug-likeness (QED) is 0.630. The van der Waals surface area contributed by atoms with Gasteiger partial charge in [-0.2, -0.15) is 0 Å². The van der Waals surface area contributed by atoms with Gasteiger partial charge in [-0.15, -0.1) is 0 Å². The molecular weight excluding hydrogens is 265 g/mol. The van der Waals surface area contributed by atoms with Gasteiger partial charge in [0.05, 0.1) is 7.85 Å². The van der Waals surface area contributed by atoms with Gasteiger partial charge in [-0.3, -0.25) is 0 Å². The molecule has 4 aliphatic rings. The molecule has 0 amide bonds. The van der Waals surface area contributed by atoms with E-state index in [1.54, 1.807) is 0 Å². The third kappa shape index (κ3) is 2.58. The molecule has 1 saturated heterocycles. The summed E-state index contributed by atoms with van der Waals surface area (Å²) < 4.78 is 0. The van der Waals surface area contributed by atoms with Crippen LogP contribution in [0.4, 0.5) is 0 Å². The lowest BCUT2D eigenvalue weighted by Crippen LogP contribution is -2.47. The van der Waals surface area contributed by atoms with Gasteiger partial charge in [0.1, 0.15) is 0 Å². The number of likely N-dealkylation sites (tertiary alicyclic amines) is 1. The highest BCUT2D eigenvalue weighted by atomic mass is 15.1. The Morgan fingerprint density at radius 2 is 1.82 bits per heavy atom. The Morgan fingerprint density at radius 1 is 1.09 bits per heavy atom. The first kappa shape index (κ1) is 16.9.